The maximum absolute atomic E-state index is 12.3. The van der Waals surface area contributed by atoms with E-state index in [4.69, 9.17) is 9.47 Å². The third-order valence-corrected chi connectivity index (χ3v) is 4.29. The van der Waals surface area contributed by atoms with Gasteiger partial charge in [0.25, 0.3) is 5.91 Å². The lowest BCUT2D eigenvalue weighted by Crippen LogP contribution is -2.37. The molecule has 0 aliphatic heterocycles. The quantitative estimate of drug-likeness (QED) is 0.702. The van der Waals surface area contributed by atoms with Gasteiger partial charge in [0.05, 0.1) is 7.11 Å². The third-order valence-electron chi connectivity index (χ3n) is 4.29. The van der Waals surface area contributed by atoms with E-state index in [1.54, 1.807) is 14.0 Å². The van der Waals surface area contributed by atoms with Gasteiger partial charge >= 0.3 is 0 Å². The van der Waals surface area contributed by atoms with Gasteiger partial charge in [-0.3, -0.25) is 4.79 Å². The van der Waals surface area contributed by atoms with Crippen molar-refractivity contribution in [1.29, 1.82) is 0 Å². The Morgan fingerprint density at radius 2 is 1.73 bits per heavy atom. The zero-order valence-corrected chi connectivity index (χ0v) is 15.1. The summed E-state index contributed by atoms with van der Waals surface area (Å²) in [4.78, 5) is 12.3. The van der Waals surface area contributed by atoms with Gasteiger partial charge in [0.1, 0.15) is 11.5 Å². The van der Waals surface area contributed by atoms with E-state index in [1.165, 1.54) is 0 Å². The van der Waals surface area contributed by atoms with Crippen molar-refractivity contribution >= 4 is 16.7 Å². The number of ether oxygens (including phenoxy) is 2. The molecule has 0 aliphatic carbocycles. The summed E-state index contributed by atoms with van der Waals surface area (Å²) in [5.74, 6) is 1.43. The molecule has 0 unspecified atom stereocenters. The standard InChI is InChI=1S/C22H23NO3/c1-16(26-21-9-5-7-18-6-3-4-8-20(18)21)22(24)23-15-14-17-10-12-19(25-2)13-11-17/h3-13,16H,14-15H2,1-2H3,(H,23,24)/t16-/m1/s1. The Bertz CT molecular complexity index is 869. The lowest BCUT2D eigenvalue weighted by atomic mass is 10.1. The van der Waals surface area contributed by atoms with Crippen molar-refractivity contribution in [3.63, 3.8) is 0 Å². The number of rotatable bonds is 7. The van der Waals surface area contributed by atoms with Crippen molar-refractivity contribution in [3.8, 4) is 11.5 Å². The van der Waals surface area contributed by atoms with Gasteiger partial charge in [-0.15, -0.1) is 0 Å². The molecule has 0 aliphatic rings. The molecule has 0 spiro atoms. The molecule has 0 heterocycles. The van der Waals surface area contributed by atoms with Crippen molar-refractivity contribution < 1.29 is 14.3 Å². The molecule has 0 bridgehead atoms. The van der Waals surface area contributed by atoms with Gasteiger partial charge in [-0.05, 0) is 42.5 Å². The highest BCUT2D eigenvalue weighted by Crippen LogP contribution is 2.26. The molecule has 3 rings (SSSR count). The lowest BCUT2D eigenvalue weighted by Gasteiger charge is -2.16. The normalized spacial score (nSPS) is 11.8. The van der Waals surface area contributed by atoms with Crippen LogP contribution < -0.4 is 14.8 Å². The van der Waals surface area contributed by atoms with Crippen LogP contribution in [0.5, 0.6) is 11.5 Å². The predicted molar refractivity (Wildman–Crippen MR) is 104 cm³/mol. The largest absolute Gasteiger partial charge is 0.497 e. The van der Waals surface area contributed by atoms with Crippen LogP contribution in [0.25, 0.3) is 10.8 Å². The number of hydrogen-bond acceptors (Lipinski definition) is 3. The third kappa shape index (κ3) is 4.33. The van der Waals surface area contributed by atoms with Gasteiger partial charge < -0.3 is 14.8 Å². The fourth-order valence-electron chi connectivity index (χ4n) is 2.81. The van der Waals surface area contributed by atoms with Crippen LogP contribution in [0, 0.1) is 0 Å². The zero-order chi connectivity index (χ0) is 18.4. The Morgan fingerprint density at radius 1 is 1.00 bits per heavy atom. The monoisotopic (exact) mass is 349 g/mol. The van der Waals surface area contributed by atoms with Gasteiger partial charge in [0.2, 0.25) is 0 Å². The maximum Gasteiger partial charge on any atom is 0.260 e. The number of nitrogens with one attached hydrogen (secondary N) is 1. The molecule has 0 aromatic heterocycles. The minimum Gasteiger partial charge on any atom is -0.497 e. The second kappa shape index (κ2) is 8.39. The SMILES string of the molecule is COc1ccc(CCNC(=O)[C@@H](C)Oc2cccc3ccccc23)cc1. The molecular formula is C22H23NO3. The number of amides is 1. The molecule has 4 nitrogen and oxygen atoms in total. The summed E-state index contributed by atoms with van der Waals surface area (Å²) in [7, 11) is 1.65. The molecule has 0 saturated carbocycles. The Kier molecular flexibility index (Phi) is 5.74. The smallest absolute Gasteiger partial charge is 0.260 e. The molecule has 1 amide bonds. The first-order chi connectivity index (χ1) is 12.7. The molecule has 0 fully saturated rings. The molecule has 3 aromatic rings. The average Bonchev–Trinajstić information content (AvgIpc) is 2.68. The predicted octanol–water partition coefficient (Wildman–Crippen LogP) is 3.97. The Morgan fingerprint density at radius 3 is 2.50 bits per heavy atom. The summed E-state index contributed by atoms with van der Waals surface area (Å²) in [6, 6.07) is 21.7. The van der Waals surface area contributed by atoms with Crippen LogP contribution in [0.3, 0.4) is 0 Å². The minimum atomic E-state index is -0.559. The summed E-state index contributed by atoms with van der Waals surface area (Å²) in [5, 5.41) is 5.03. The van der Waals surface area contributed by atoms with Crippen molar-refractivity contribution in [1.82, 2.24) is 5.32 Å². The highest BCUT2D eigenvalue weighted by Gasteiger charge is 2.15. The minimum absolute atomic E-state index is 0.119. The zero-order valence-electron chi connectivity index (χ0n) is 15.1. The molecule has 1 atom stereocenters. The van der Waals surface area contributed by atoms with Gasteiger partial charge in [0, 0.05) is 11.9 Å². The van der Waals surface area contributed by atoms with Crippen molar-refractivity contribution in [2.24, 2.45) is 0 Å². The Balaban J connectivity index is 1.54. The first-order valence-electron chi connectivity index (χ1n) is 8.72. The molecule has 1 N–H and O–H groups in total. The topological polar surface area (TPSA) is 47.6 Å². The van der Waals surface area contributed by atoms with Gasteiger partial charge in [-0.1, -0.05) is 48.5 Å². The second-order valence-electron chi connectivity index (χ2n) is 6.13. The van der Waals surface area contributed by atoms with E-state index in [0.717, 1.165) is 34.3 Å². The summed E-state index contributed by atoms with van der Waals surface area (Å²) in [6.07, 6.45) is 0.202. The van der Waals surface area contributed by atoms with Crippen molar-refractivity contribution in [2.75, 3.05) is 13.7 Å². The van der Waals surface area contributed by atoms with Gasteiger partial charge in [-0.25, -0.2) is 0 Å². The second-order valence-corrected chi connectivity index (χ2v) is 6.13. The fourth-order valence-corrected chi connectivity index (χ4v) is 2.81. The van der Waals surface area contributed by atoms with Crippen molar-refractivity contribution in [3.05, 3.63) is 72.3 Å². The summed E-state index contributed by atoms with van der Waals surface area (Å²) < 4.78 is 11.0. The summed E-state index contributed by atoms with van der Waals surface area (Å²) >= 11 is 0. The first-order valence-corrected chi connectivity index (χ1v) is 8.72. The molecule has 3 aromatic carbocycles. The number of methoxy groups -OCH3 is 1. The van der Waals surface area contributed by atoms with Crippen LogP contribution in [0.4, 0.5) is 0 Å². The van der Waals surface area contributed by atoms with Gasteiger partial charge in [0.15, 0.2) is 6.10 Å². The van der Waals surface area contributed by atoms with Crippen LogP contribution in [-0.4, -0.2) is 25.7 Å². The van der Waals surface area contributed by atoms with Crippen LogP contribution in [0.1, 0.15) is 12.5 Å². The van der Waals surface area contributed by atoms with E-state index in [9.17, 15) is 4.79 Å². The molecule has 0 radical (unpaired) electrons. The number of hydrogen-bond donors (Lipinski definition) is 1. The summed E-state index contributed by atoms with van der Waals surface area (Å²) in [5.41, 5.74) is 1.15. The number of carbonyl (C=O) groups excluding carboxylic acids is 1. The first kappa shape index (κ1) is 17.8. The molecule has 4 heteroatoms. The van der Waals surface area contributed by atoms with E-state index >= 15 is 0 Å². The molecule has 26 heavy (non-hydrogen) atoms. The van der Waals surface area contributed by atoms with Gasteiger partial charge in [-0.2, -0.15) is 0 Å². The molecule has 0 saturated heterocycles. The number of carbonyl (C=O) groups is 1. The van der Waals surface area contributed by atoms with Crippen LogP contribution in [0.2, 0.25) is 0 Å². The lowest BCUT2D eigenvalue weighted by molar-refractivity contribution is -0.127. The van der Waals surface area contributed by atoms with Crippen LogP contribution in [-0.2, 0) is 11.2 Å². The Labute approximate surface area is 153 Å². The molecular weight excluding hydrogens is 326 g/mol. The van der Waals surface area contributed by atoms with Crippen LogP contribution in [0.15, 0.2) is 66.7 Å². The highest BCUT2D eigenvalue weighted by atomic mass is 16.5. The maximum atomic E-state index is 12.3. The molecule has 134 valence electrons. The fraction of sp³-hybridized carbons (Fsp3) is 0.227. The van der Waals surface area contributed by atoms with Crippen molar-refractivity contribution in [2.45, 2.75) is 19.4 Å². The van der Waals surface area contributed by atoms with Crippen LogP contribution >= 0.6 is 0 Å². The Hall–Kier alpha value is -3.01. The number of benzene rings is 3. The number of fused-ring (bicyclic) bond motifs is 1. The van der Waals surface area contributed by atoms with E-state index in [0.29, 0.717) is 6.54 Å². The highest BCUT2D eigenvalue weighted by molar-refractivity contribution is 5.89. The van der Waals surface area contributed by atoms with E-state index in [1.807, 2.05) is 66.7 Å². The van der Waals surface area contributed by atoms with E-state index < -0.39 is 6.10 Å². The summed E-state index contributed by atoms with van der Waals surface area (Å²) in [6.45, 7) is 2.33. The average molecular weight is 349 g/mol. The van der Waals surface area contributed by atoms with E-state index in [-0.39, 0.29) is 5.91 Å². The van der Waals surface area contributed by atoms with E-state index in [2.05, 4.69) is 5.32 Å².